The molecule has 19 heavy (non-hydrogen) atoms. The number of amides is 2. The fraction of sp³-hybridized carbons (Fsp3) is 0.727. The molecule has 0 aromatic heterocycles. The zero-order valence-electron chi connectivity index (χ0n) is 10.3. The van der Waals surface area contributed by atoms with Gasteiger partial charge in [-0.15, -0.1) is 0 Å². The summed E-state index contributed by atoms with van der Waals surface area (Å²) in [7, 11) is 0. The van der Waals surface area contributed by atoms with Crippen molar-refractivity contribution in [1.29, 1.82) is 0 Å². The lowest BCUT2D eigenvalue weighted by Crippen LogP contribution is -2.60. The van der Waals surface area contributed by atoms with E-state index in [-0.39, 0.29) is 18.9 Å². The molecule has 2 aliphatic rings. The van der Waals surface area contributed by atoms with Crippen molar-refractivity contribution < 1.29 is 24.6 Å². The van der Waals surface area contributed by atoms with Gasteiger partial charge in [0, 0.05) is 19.6 Å². The van der Waals surface area contributed by atoms with Crippen LogP contribution in [0.15, 0.2) is 0 Å². The van der Waals surface area contributed by atoms with Crippen molar-refractivity contribution >= 4 is 17.8 Å². The molecule has 0 aliphatic carbocycles. The summed E-state index contributed by atoms with van der Waals surface area (Å²) in [6.45, 7) is 0.937. The maximum absolute atomic E-state index is 12.3. The third-order valence-corrected chi connectivity index (χ3v) is 3.39. The number of carboxylic acid groups (broad SMARTS) is 1. The van der Waals surface area contributed by atoms with Gasteiger partial charge in [0.25, 0.3) is 0 Å². The molecule has 2 heterocycles. The molecule has 2 amide bonds. The molecule has 4 N–H and O–H groups in total. The van der Waals surface area contributed by atoms with Crippen LogP contribution in [-0.4, -0.2) is 70.7 Å². The minimum Gasteiger partial charge on any atom is -0.481 e. The Balaban J connectivity index is 2.08. The van der Waals surface area contributed by atoms with Crippen LogP contribution in [0.1, 0.15) is 12.8 Å². The summed E-state index contributed by atoms with van der Waals surface area (Å²) in [5, 5.41) is 23.6. The monoisotopic (exact) mass is 271 g/mol. The number of carboxylic acids is 1. The number of hydrogen-bond acceptors (Lipinski definition) is 5. The lowest BCUT2D eigenvalue weighted by molar-refractivity contribution is -0.149. The summed E-state index contributed by atoms with van der Waals surface area (Å²) < 4.78 is 0. The van der Waals surface area contributed by atoms with E-state index in [0.717, 1.165) is 0 Å². The van der Waals surface area contributed by atoms with Gasteiger partial charge in [-0.1, -0.05) is 0 Å². The third-order valence-electron chi connectivity index (χ3n) is 3.39. The topological polar surface area (TPSA) is 119 Å². The van der Waals surface area contributed by atoms with Gasteiger partial charge in [0.15, 0.2) is 0 Å². The zero-order valence-corrected chi connectivity index (χ0v) is 10.3. The van der Waals surface area contributed by atoms with Crippen LogP contribution >= 0.6 is 0 Å². The van der Waals surface area contributed by atoms with Crippen molar-refractivity contribution in [2.75, 3.05) is 19.6 Å². The number of β-amino-alcohol motifs (C(OH)–C–C–N with tert-alkyl or cyclic N) is 1. The van der Waals surface area contributed by atoms with Crippen LogP contribution in [0.3, 0.4) is 0 Å². The van der Waals surface area contributed by atoms with E-state index in [1.165, 1.54) is 4.90 Å². The van der Waals surface area contributed by atoms with Crippen LogP contribution in [0.5, 0.6) is 0 Å². The Morgan fingerprint density at radius 3 is 2.74 bits per heavy atom. The van der Waals surface area contributed by atoms with Crippen molar-refractivity contribution in [3.05, 3.63) is 0 Å². The van der Waals surface area contributed by atoms with Gasteiger partial charge in [0.2, 0.25) is 11.8 Å². The molecule has 0 radical (unpaired) electrons. The van der Waals surface area contributed by atoms with Gasteiger partial charge >= 0.3 is 5.97 Å². The Hall–Kier alpha value is -1.67. The number of aliphatic hydroxyl groups excluding tert-OH is 1. The number of rotatable bonds is 3. The highest BCUT2D eigenvalue weighted by Gasteiger charge is 2.39. The van der Waals surface area contributed by atoms with Crippen LogP contribution in [0.2, 0.25) is 0 Å². The van der Waals surface area contributed by atoms with Crippen molar-refractivity contribution in [2.24, 2.45) is 0 Å². The summed E-state index contributed by atoms with van der Waals surface area (Å²) in [5.41, 5.74) is 0. The van der Waals surface area contributed by atoms with Crippen molar-refractivity contribution in [3.63, 3.8) is 0 Å². The number of nitrogens with one attached hydrogen (secondary N) is 2. The van der Waals surface area contributed by atoms with Crippen molar-refractivity contribution in [2.45, 2.75) is 31.0 Å². The third kappa shape index (κ3) is 3.02. The molecule has 0 saturated carbocycles. The second-order valence-corrected chi connectivity index (χ2v) is 4.79. The van der Waals surface area contributed by atoms with Gasteiger partial charge in [0.05, 0.1) is 18.6 Å². The predicted octanol–water partition coefficient (Wildman–Crippen LogP) is -2.49. The van der Waals surface area contributed by atoms with Crippen LogP contribution in [-0.2, 0) is 14.4 Å². The van der Waals surface area contributed by atoms with E-state index >= 15 is 0 Å². The molecule has 8 heteroatoms. The van der Waals surface area contributed by atoms with E-state index in [0.29, 0.717) is 13.1 Å². The highest BCUT2D eigenvalue weighted by atomic mass is 16.4. The first kappa shape index (κ1) is 13.8. The Bertz CT molecular complexity index is 400. The fourth-order valence-electron chi connectivity index (χ4n) is 2.45. The molecule has 3 unspecified atom stereocenters. The van der Waals surface area contributed by atoms with Gasteiger partial charge in [-0.2, -0.15) is 0 Å². The van der Waals surface area contributed by atoms with E-state index in [2.05, 4.69) is 10.6 Å². The number of carbonyl (C=O) groups excluding carboxylic acids is 2. The SMILES string of the molecule is O=C(O)CC1C(=O)NCCN1C(=O)C1CC(O)CN1. The van der Waals surface area contributed by atoms with Gasteiger partial charge in [-0.25, -0.2) is 0 Å². The molecular weight excluding hydrogens is 254 g/mol. The maximum Gasteiger partial charge on any atom is 0.305 e. The van der Waals surface area contributed by atoms with Crippen molar-refractivity contribution in [3.8, 4) is 0 Å². The molecule has 106 valence electrons. The van der Waals surface area contributed by atoms with Crippen LogP contribution < -0.4 is 10.6 Å². The Morgan fingerprint density at radius 1 is 1.42 bits per heavy atom. The lowest BCUT2D eigenvalue weighted by atomic mass is 10.1. The summed E-state index contributed by atoms with van der Waals surface area (Å²) in [4.78, 5) is 36.0. The number of nitrogens with zero attached hydrogens (tertiary/aromatic N) is 1. The normalized spacial score (nSPS) is 31.1. The zero-order chi connectivity index (χ0) is 14.0. The standard InChI is InChI=1S/C11H17N3O5/c15-6-3-7(13-5-6)11(19)14-2-1-12-10(18)8(14)4-9(16)17/h6-8,13,15H,1-5H2,(H,12,18)(H,16,17). The van der Waals surface area contributed by atoms with Gasteiger partial charge in [0.1, 0.15) is 6.04 Å². The summed E-state index contributed by atoms with van der Waals surface area (Å²) in [6.07, 6.45) is -0.700. The van der Waals surface area contributed by atoms with Crippen LogP contribution in [0.25, 0.3) is 0 Å². The largest absolute Gasteiger partial charge is 0.481 e. The van der Waals surface area contributed by atoms with E-state index in [9.17, 15) is 19.5 Å². The smallest absolute Gasteiger partial charge is 0.305 e. The molecular formula is C11H17N3O5. The quantitative estimate of drug-likeness (QED) is 0.451. The lowest BCUT2D eigenvalue weighted by Gasteiger charge is -2.35. The molecule has 8 nitrogen and oxygen atoms in total. The molecule has 0 aromatic rings. The summed E-state index contributed by atoms with van der Waals surface area (Å²) >= 11 is 0. The molecule has 2 rings (SSSR count). The minimum absolute atomic E-state index is 0.288. The minimum atomic E-state index is -1.13. The second-order valence-electron chi connectivity index (χ2n) is 4.79. The summed E-state index contributed by atoms with van der Waals surface area (Å²) in [5.74, 6) is -1.89. The Kier molecular flexibility index (Phi) is 4.01. The first-order valence-electron chi connectivity index (χ1n) is 6.20. The van der Waals surface area contributed by atoms with Gasteiger partial charge in [-0.05, 0) is 6.42 Å². The average Bonchev–Trinajstić information content (AvgIpc) is 2.77. The van der Waals surface area contributed by atoms with Crippen molar-refractivity contribution in [1.82, 2.24) is 15.5 Å². The first-order chi connectivity index (χ1) is 8.99. The fourth-order valence-corrected chi connectivity index (χ4v) is 2.45. The maximum atomic E-state index is 12.3. The molecule has 0 spiro atoms. The van der Waals surface area contributed by atoms with Crippen LogP contribution in [0.4, 0.5) is 0 Å². The summed E-state index contributed by atoms with van der Waals surface area (Å²) in [6, 6.07) is -1.52. The van der Waals surface area contributed by atoms with E-state index in [1.54, 1.807) is 0 Å². The average molecular weight is 271 g/mol. The molecule has 2 aliphatic heterocycles. The number of aliphatic carboxylic acids is 1. The van der Waals surface area contributed by atoms with Crippen LogP contribution in [0, 0.1) is 0 Å². The van der Waals surface area contributed by atoms with E-state index in [1.807, 2.05) is 0 Å². The number of aliphatic hydroxyl groups is 1. The van der Waals surface area contributed by atoms with E-state index < -0.39 is 36.5 Å². The highest BCUT2D eigenvalue weighted by molar-refractivity contribution is 5.93. The van der Waals surface area contributed by atoms with E-state index in [4.69, 9.17) is 5.11 Å². The highest BCUT2D eigenvalue weighted by Crippen LogP contribution is 2.15. The number of hydrogen-bond donors (Lipinski definition) is 4. The predicted molar refractivity (Wildman–Crippen MR) is 63.2 cm³/mol. The molecule has 2 fully saturated rings. The molecule has 3 atom stereocenters. The molecule has 0 bridgehead atoms. The van der Waals surface area contributed by atoms with Gasteiger partial charge < -0.3 is 25.7 Å². The first-order valence-corrected chi connectivity index (χ1v) is 6.20. The Labute approximate surface area is 109 Å². The van der Waals surface area contributed by atoms with Gasteiger partial charge in [-0.3, -0.25) is 14.4 Å². The molecule has 0 aromatic carbocycles. The second kappa shape index (κ2) is 5.54. The number of carbonyl (C=O) groups is 3. The Morgan fingerprint density at radius 2 is 2.16 bits per heavy atom. The number of piperazine rings is 1. The molecule has 2 saturated heterocycles.